The summed E-state index contributed by atoms with van der Waals surface area (Å²) in [7, 11) is 0. The van der Waals surface area contributed by atoms with Crippen molar-refractivity contribution in [1.82, 2.24) is 20.2 Å². The van der Waals surface area contributed by atoms with Crippen molar-refractivity contribution in [2.45, 2.75) is 38.6 Å². The van der Waals surface area contributed by atoms with Crippen LogP contribution in [0.5, 0.6) is 0 Å². The van der Waals surface area contributed by atoms with E-state index in [1.165, 1.54) is 12.8 Å². The Morgan fingerprint density at radius 1 is 1.19 bits per heavy atom. The lowest BCUT2D eigenvalue weighted by molar-refractivity contribution is 0.890. The van der Waals surface area contributed by atoms with Gasteiger partial charge in [-0.1, -0.05) is 6.92 Å². The van der Waals surface area contributed by atoms with Crippen LogP contribution in [0.1, 0.15) is 43.6 Å². The predicted molar refractivity (Wildman–Crippen MR) is 82.1 cm³/mol. The highest BCUT2D eigenvalue weighted by atomic mass is 15.1. The lowest BCUT2D eigenvalue weighted by Crippen LogP contribution is -2.09. The van der Waals surface area contributed by atoms with Gasteiger partial charge in [-0.05, 0) is 31.4 Å². The Morgan fingerprint density at radius 2 is 2.00 bits per heavy atom. The molecular formula is C15H20N6. The van der Waals surface area contributed by atoms with Gasteiger partial charge in [0.25, 0.3) is 0 Å². The number of hydrogen-bond acceptors (Lipinski definition) is 6. The third kappa shape index (κ3) is 3.87. The number of nitrogens with one attached hydrogen (secondary N) is 2. The highest BCUT2D eigenvalue weighted by Gasteiger charge is 2.27. The molecule has 0 aliphatic heterocycles. The van der Waals surface area contributed by atoms with Crippen LogP contribution in [-0.2, 0) is 6.54 Å². The molecule has 0 aromatic carbocycles. The van der Waals surface area contributed by atoms with E-state index in [1.807, 2.05) is 18.2 Å². The fourth-order valence-corrected chi connectivity index (χ4v) is 2.03. The summed E-state index contributed by atoms with van der Waals surface area (Å²) in [4.78, 5) is 9.21. The fourth-order valence-electron chi connectivity index (χ4n) is 2.03. The Bertz CT molecular complexity index is 582. The molecule has 1 aliphatic rings. The second-order valence-corrected chi connectivity index (χ2v) is 5.27. The molecule has 2 heterocycles. The molecule has 1 saturated carbocycles. The van der Waals surface area contributed by atoms with Gasteiger partial charge in [0.1, 0.15) is 17.5 Å². The maximum absolute atomic E-state index is 4.61. The van der Waals surface area contributed by atoms with Crippen LogP contribution < -0.4 is 10.6 Å². The van der Waals surface area contributed by atoms with Gasteiger partial charge in [-0.15, -0.1) is 0 Å². The highest BCUT2D eigenvalue weighted by molar-refractivity contribution is 5.48. The van der Waals surface area contributed by atoms with Crippen LogP contribution in [0.2, 0.25) is 0 Å². The molecule has 0 radical (unpaired) electrons. The van der Waals surface area contributed by atoms with Gasteiger partial charge in [0.2, 0.25) is 0 Å². The van der Waals surface area contributed by atoms with Crippen molar-refractivity contribution in [3.63, 3.8) is 0 Å². The van der Waals surface area contributed by atoms with E-state index in [1.54, 1.807) is 6.20 Å². The van der Waals surface area contributed by atoms with Gasteiger partial charge in [-0.2, -0.15) is 10.2 Å². The summed E-state index contributed by atoms with van der Waals surface area (Å²) in [6, 6.07) is 5.78. The van der Waals surface area contributed by atoms with Crippen molar-refractivity contribution < 1.29 is 0 Å². The first-order valence-electron chi connectivity index (χ1n) is 7.48. The summed E-state index contributed by atoms with van der Waals surface area (Å²) >= 11 is 0. The van der Waals surface area contributed by atoms with E-state index in [4.69, 9.17) is 0 Å². The largest absolute Gasteiger partial charge is 0.370 e. The molecule has 6 nitrogen and oxygen atoms in total. The average molecular weight is 284 g/mol. The second kappa shape index (κ2) is 6.47. The molecule has 0 bridgehead atoms. The summed E-state index contributed by atoms with van der Waals surface area (Å²) in [6.45, 7) is 3.68. The van der Waals surface area contributed by atoms with Gasteiger partial charge in [0.05, 0.1) is 12.2 Å². The van der Waals surface area contributed by atoms with Crippen LogP contribution in [0, 0.1) is 0 Å². The van der Waals surface area contributed by atoms with E-state index in [9.17, 15) is 0 Å². The number of rotatable bonds is 7. The Labute approximate surface area is 124 Å². The van der Waals surface area contributed by atoms with Gasteiger partial charge in [0, 0.05) is 24.7 Å². The van der Waals surface area contributed by atoms with Crippen molar-refractivity contribution in [3.8, 4) is 0 Å². The highest BCUT2D eigenvalue weighted by Crippen LogP contribution is 2.38. The maximum atomic E-state index is 4.61. The second-order valence-electron chi connectivity index (χ2n) is 5.27. The molecule has 2 aromatic rings. The summed E-state index contributed by atoms with van der Waals surface area (Å²) in [5, 5.41) is 14.6. The molecule has 2 aromatic heterocycles. The van der Waals surface area contributed by atoms with E-state index in [-0.39, 0.29) is 0 Å². The zero-order chi connectivity index (χ0) is 14.5. The molecule has 21 heavy (non-hydrogen) atoms. The van der Waals surface area contributed by atoms with Crippen molar-refractivity contribution in [1.29, 1.82) is 0 Å². The standard InChI is InChI=1S/C15H20N6/c1-2-7-16-13-9-14(20-15(19-13)11-5-6-11)17-10-12-4-3-8-18-21-12/h3-4,8-9,11H,2,5-7,10H2,1H3,(H2,16,17,19,20). The summed E-state index contributed by atoms with van der Waals surface area (Å²) < 4.78 is 0. The molecule has 0 unspecified atom stereocenters. The first kappa shape index (κ1) is 13.7. The number of hydrogen-bond donors (Lipinski definition) is 2. The smallest absolute Gasteiger partial charge is 0.136 e. The quantitative estimate of drug-likeness (QED) is 0.814. The van der Waals surface area contributed by atoms with Crippen molar-refractivity contribution in [2.24, 2.45) is 0 Å². The van der Waals surface area contributed by atoms with Gasteiger partial charge in [0.15, 0.2) is 0 Å². The monoisotopic (exact) mass is 284 g/mol. The number of aromatic nitrogens is 4. The Hall–Kier alpha value is -2.24. The summed E-state index contributed by atoms with van der Waals surface area (Å²) in [6.07, 6.45) is 5.14. The van der Waals surface area contributed by atoms with Crippen LogP contribution in [0.4, 0.5) is 11.6 Å². The number of anilines is 2. The molecule has 3 rings (SSSR count). The fraction of sp³-hybridized carbons (Fsp3) is 0.467. The lowest BCUT2D eigenvalue weighted by Gasteiger charge is -2.10. The normalized spacial score (nSPS) is 14.0. The van der Waals surface area contributed by atoms with E-state index >= 15 is 0 Å². The molecule has 110 valence electrons. The topological polar surface area (TPSA) is 75.6 Å². The Morgan fingerprint density at radius 3 is 2.67 bits per heavy atom. The van der Waals surface area contributed by atoms with Crippen molar-refractivity contribution in [2.75, 3.05) is 17.2 Å². The van der Waals surface area contributed by atoms with Crippen LogP contribution >= 0.6 is 0 Å². The minimum absolute atomic E-state index is 0.533. The predicted octanol–water partition coefficient (Wildman–Crippen LogP) is 2.58. The molecule has 2 N–H and O–H groups in total. The van der Waals surface area contributed by atoms with Crippen LogP contribution in [-0.4, -0.2) is 26.7 Å². The molecular weight excluding hydrogens is 264 g/mol. The zero-order valence-corrected chi connectivity index (χ0v) is 12.2. The lowest BCUT2D eigenvalue weighted by atomic mass is 10.3. The minimum Gasteiger partial charge on any atom is -0.370 e. The summed E-state index contributed by atoms with van der Waals surface area (Å²) in [5.74, 6) is 3.22. The van der Waals surface area contributed by atoms with Crippen LogP contribution in [0.25, 0.3) is 0 Å². The first-order chi connectivity index (χ1) is 10.3. The molecule has 6 heteroatoms. The van der Waals surface area contributed by atoms with E-state index in [0.717, 1.165) is 36.1 Å². The summed E-state index contributed by atoms with van der Waals surface area (Å²) in [5.41, 5.74) is 0.896. The van der Waals surface area contributed by atoms with Crippen LogP contribution in [0.15, 0.2) is 24.4 Å². The molecule has 0 saturated heterocycles. The molecule has 0 amide bonds. The molecule has 0 atom stereocenters. The SMILES string of the molecule is CCCNc1cc(NCc2cccnn2)nc(C2CC2)n1. The van der Waals surface area contributed by atoms with E-state index in [2.05, 4.69) is 37.7 Å². The van der Waals surface area contributed by atoms with Gasteiger partial charge < -0.3 is 10.6 Å². The Balaban J connectivity index is 1.72. The Kier molecular flexibility index (Phi) is 4.23. The maximum Gasteiger partial charge on any atom is 0.136 e. The average Bonchev–Trinajstić information content (AvgIpc) is 3.37. The number of nitrogens with zero attached hydrogens (tertiary/aromatic N) is 4. The third-order valence-electron chi connectivity index (χ3n) is 3.32. The molecule has 0 spiro atoms. The minimum atomic E-state index is 0.533. The molecule has 1 fully saturated rings. The van der Waals surface area contributed by atoms with Gasteiger partial charge in [-0.3, -0.25) is 0 Å². The van der Waals surface area contributed by atoms with Crippen molar-refractivity contribution >= 4 is 11.6 Å². The third-order valence-corrected chi connectivity index (χ3v) is 3.32. The van der Waals surface area contributed by atoms with Gasteiger partial charge in [-0.25, -0.2) is 9.97 Å². The zero-order valence-electron chi connectivity index (χ0n) is 12.2. The van der Waals surface area contributed by atoms with Gasteiger partial charge >= 0.3 is 0 Å². The van der Waals surface area contributed by atoms with E-state index in [0.29, 0.717) is 12.5 Å². The first-order valence-corrected chi connectivity index (χ1v) is 7.48. The van der Waals surface area contributed by atoms with E-state index < -0.39 is 0 Å². The van der Waals surface area contributed by atoms with Crippen molar-refractivity contribution in [3.05, 3.63) is 35.9 Å². The van der Waals surface area contributed by atoms with Crippen LogP contribution in [0.3, 0.4) is 0 Å². The molecule has 1 aliphatic carbocycles.